The second-order valence-corrected chi connectivity index (χ2v) is 10.1. The van der Waals surface area contributed by atoms with Crippen molar-refractivity contribution in [1.82, 2.24) is 0 Å². The lowest BCUT2D eigenvalue weighted by atomic mass is 9.98. The molecule has 0 saturated heterocycles. The van der Waals surface area contributed by atoms with Gasteiger partial charge in [-0.25, -0.2) is 0 Å². The first-order valence-corrected chi connectivity index (χ1v) is 13.7. The number of carbonyl (C=O) groups is 1. The van der Waals surface area contributed by atoms with Crippen molar-refractivity contribution in [3.05, 3.63) is 56.8 Å². The van der Waals surface area contributed by atoms with E-state index in [1.165, 1.54) is 13.2 Å². The molecule has 1 N–H and O–H groups in total. The third-order valence-electron chi connectivity index (χ3n) is 5.69. The number of hydrogen-bond acceptors (Lipinski definition) is 9. The molecule has 2 aromatic carbocycles. The van der Waals surface area contributed by atoms with E-state index in [-0.39, 0.29) is 50.6 Å². The first kappa shape index (κ1) is 28.5. The van der Waals surface area contributed by atoms with Crippen LogP contribution in [0.4, 0.5) is 0 Å². The minimum atomic E-state index is -0.390. The van der Waals surface area contributed by atoms with E-state index in [0.29, 0.717) is 42.1 Å². The summed E-state index contributed by atoms with van der Waals surface area (Å²) in [5.74, 6) is 0.861. The molecule has 0 radical (unpaired) electrons. The molecule has 0 atom stereocenters. The van der Waals surface area contributed by atoms with Crippen LogP contribution in [0, 0.1) is 0 Å². The average molecular weight is 545 g/mol. The van der Waals surface area contributed by atoms with E-state index in [1.807, 2.05) is 46.8 Å². The highest BCUT2D eigenvalue weighted by molar-refractivity contribution is 8.74. The molecule has 1 aromatic heterocycles. The van der Waals surface area contributed by atoms with Crippen molar-refractivity contribution in [3.8, 4) is 23.0 Å². The quantitative estimate of drug-likeness (QED) is 0.128. The first-order valence-electron chi connectivity index (χ1n) is 11.8. The van der Waals surface area contributed by atoms with Crippen LogP contribution in [0.5, 0.6) is 23.0 Å². The standard InChI is InChI=1S/C28H32O7S2/c1-7-33-19-12-21-25(26(30)17(19)10-8-15(2)3)27(31)24-18(11-9-16(4)5)28(32-6)22(13-20(24)35-21)34-14-23(29)37-36/h8-9,12-13,30,36H,7,10-11,14H2,1-6H3. The first-order chi connectivity index (χ1) is 17.6. The van der Waals surface area contributed by atoms with Crippen LogP contribution in [0.2, 0.25) is 0 Å². The summed E-state index contributed by atoms with van der Waals surface area (Å²) in [6, 6.07) is 3.17. The van der Waals surface area contributed by atoms with Gasteiger partial charge >= 0.3 is 0 Å². The number of rotatable bonds is 10. The normalized spacial score (nSPS) is 10.9. The summed E-state index contributed by atoms with van der Waals surface area (Å²) in [5.41, 5.74) is 3.21. The zero-order chi connectivity index (χ0) is 27.3. The van der Waals surface area contributed by atoms with Gasteiger partial charge in [-0.15, -0.1) is 11.7 Å². The van der Waals surface area contributed by atoms with Crippen molar-refractivity contribution in [1.29, 1.82) is 0 Å². The van der Waals surface area contributed by atoms with Gasteiger partial charge in [-0.05, 0) is 58.3 Å². The van der Waals surface area contributed by atoms with Gasteiger partial charge in [0.15, 0.2) is 18.1 Å². The lowest BCUT2D eigenvalue weighted by molar-refractivity contribution is -0.112. The van der Waals surface area contributed by atoms with Crippen molar-refractivity contribution in [2.45, 2.75) is 47.5 Å². The molecule has 198 valence electrons. The van der Waals surface area contributed by atoms with Gasteiger partial charge in [-0.2, -0.15) is 0 Å². The van der Waals surface area contributed by atoms with E-state index in [1.54, 1.807) is 6.07 Å². The summed E-state index contributed by atoms with van der Waals surface area (Å²) in [6.45, 7) is 9.81. The number of carbonyl (C=O) groups excluding carboxylic acids is 1. The predicted molar refractivity (Wildman–Crippen MR) is 153 cm³/mol. The van der Waals surface area contributed by atoms with Gasteiger partial charge in [0.05, 0.1) is 19.1 Å². The van der Waals surface area contributed by atoms with Crippen LogP contribution < -0.4 is 19.6 Å². The average Bonchev–Trinajstić information content (AvgIpc) is 2.84. The van der Waals surface area contributed by atoms with Crippen molar-refractivity contribution in [2.75, 3.05) is 20.3 Å². The molecule has 9 heteroatoms. The van der Waals surface area contributed by atoms with Crippen LogP contribution in [0.1, 0.15) is 45.7 Å². The highest BCUT2D eigenvalue weighted by atomic mass is 33.1. The molecule has 0 saturated carbocycles. The molecule has 0 aliphatic rings. The number of thiol groups is 1. The number of fused-ring (bicyclic) bond motifs is 2. The molecule has 0 aliphatic carbocycles. The molecule has 1 heterocycles. The van der Waals surface area contributed by atoms with Crippen molar-refractivity contribution >= 4 is 49.5 Å². The summed E-state index contributed by atoms with van der Waals surface area (Å²) in [7, 11) is 2.23. The summed E-state index contributed by atoms with van der Waals surface area (Å²) >= 11 is 3.92. The molecule has 3 rings (SSSR count). The van der Waals surface area contributed by atoms with Crippen molar-refractivity contribution in [3.63, 3.8) is 0 Å². The summed E-state index contributed by atoms with van der Waals surface area (Å²) in [5, 5.41) is 11.4. The smallest absolute Gasteiger partial charge is 0.236 e. The molecular formula is C28H32O7S2. The lowest BCUT2D eigenvalue weighted by Crippen LogP contribution is -2.11. The van der Waals surface area contributed by atoms with Crippen LogP contribution in [0.15, 0.2) is 44.6 Å². The van der Waals surface area contributed by atoms with E-state index < -0.39 is 0 Å². The Morgan fingerprint density at radius 3 is 2.16 bits per heavy atom. The molecule has 0 bridgehead atoms. The Morgan fingerprint density at radius 1 is 1.00 bits per heavy atom. The fraction of sp³-hybridized carbons (Fsp3) is 0.357. The van der Waals surface area contributed by atoms with E-state index in [4.69, 9.17) is 18.6 Å². The number of ether oxygens (including phenoxy) is 3. The topological polar surface area (TPSA) is 95.2 Å². The van der Waals surface area contributed by atoms with Gasteiger partial charge in [0.25, 0.3) is 0 Å². The van der Waals surface area contributed by atoms with E-state index in [9.17, 15) is 14.7 Å². The Hall–Kier alpha value is -3.04. The molecule has 0 unspecified atom stereocenters. The molecular weight excluding hydrogens is 512 g/mol. The zero-order valence-electron chi connectivity index (χ0n) is 21.9. The van der Waals surface area contributed by atoms with Crippen molar-refractivity contribution < 1.29 is 28.5 Å². The summed E-state index contributed by atoms with van der Waals surface area (Å²) in [4.78, 5) is 25.8. The zero-order valence-corrected chi connectivity index (χ0v) is 23.6. The Bertz CT molecular complexity index is 1440. The largest absolute Gasteiger partial charge is 0.507 e. The second-order valence-electron chi connectivity index (χ2n) is 8.92. The minimum Gasteiger partial charge on any atom is -0.507 e. The summed E-state index contributed by atoms with van der Waals surface area (Å²) < 4.78 is 23.4. The highest BCUT2D eigenvalue weighted by Crippen LogP contribution is 2.41. The molecule has 0 fully saturated rings. The van der Waals surface area contributed by atoms with Crippen LogP contribution in [-0.2, 0) is 17.6 Å². The van der Waals surface area contributed by atoms with Gasteiger partial charge in [0.1, 0.15) is 28.1 Å². The van der Waals surface area contributed by atoms with Gasteiger partial charge in [0.2, 0.25) is 10.5 Å². The number of phenolic OH excluding ortho intramolecular Hbond substituents is 1. The van der Waals surface area contributed by atoms with Gasteiger partial charge < -0.3 is 23.7 Å². The highest BCUT2D eigenvalue weighted by Gasteiger charge is 2.24. The Morgan fingerprint density at radius 2 is 1.59 bits per heavy atom. The van der Waals surface area contributed by atoms with Crippen LogP contribution in [-0.4, -0.2) is 30.5 Å². The molecule has 7 nitrogen and oxygen atoms in total. The Balaban J connectivity index is 2.42. The number of methoxy groups -OCH3 is 1. The molecule has 3 aromatic rings. The van der Waals surface area contributed by atoms with Crippen molar-refractivity contribution in [2.24, 2.45) is 0 Å². The molecule has 0 spiro atoms. The van der Waals surface area contributed by atoms with Gasteiger partial charge in [-0.3, -0.25) is 9.59 Å². The maximum absolute atomic E-state index is 14.0. The third-order valence-corrected chi connectivity index (χ3v) is 6.62. The SMILES string of the molecule is CCOc1cc2oc3cc(OCC(=O)SS)c(OC)c(CC=C(C)C)c3c(=O)c2c(O)c1CC=C(C)C. The maximum Gasteiger partial charge on any atom is 0.236 e. The second kappa shape index (κ2) is 12.5. The van der Waals surface area contributed by atoms with E-state index in [0.717, 1.165) is 21.9 Å². The number of hydrogen-bond donors (Lipinski definition) is 2. The molecule has 0 amide bonds. The predicted octanol–water partition coefficient (Wildman–Crippen LogP) is 6.56. The Kier molecular flexibility index (Phi) is 9.62. The monoisotopic (exact) mass is 544 g/mol. The third kappa shape index (κ3) is 6.27. The van der Waals surface area contributed by atoms with Crippen LogP contribution >= 0.6 is 22.5 Å². The maximum atomic E-state index is 14.0. The van der Waals surface area contributed by atoms with E-state index in [2.05, 4.69) is 11.7 Å². The molecule has 0 aliphatic heterocycles. The van der Waals surface area contributed by atoms with Gasteiger partial charge in [-0.1, -0.05) is 23.3 Å². The number of phenols is 1. The number of aromatic hydroxyl groups is 1. The lowest BCUT2D eigenvalue weighted by Gasteiger charge is -2.17. The molecule has 37 heavy (non-hydrogen) atoms. The number of allylic oxidation sites excluding steroid dienone is 4. The summed E-state index contributed by atoms with van der Waals surface area (Å²) in [6.07, 6.45) is 4.67. The van der Waals surface area contributed by atoms with Crippen LogP contribution in [0.25, 0.3) is 21.9 Å². The fourth-order valence-electron chi connectivity index (χ4n) is 3.99. The minimum absolute atomic E-state index is 0.0731. The number of benzene rings is 2. The van der Waals surface area contributed by atoms with E-state index >= 15 is 0 Å². The van der Waals surface area contributed by atoms with Gasteiger partial charge in [0, 0.05) is 23.3 Å². The fourth-order valence-corrected chi connectivity index (χ4v) is 4.26. The Labute approximate surface area is 225 Å². The van der Waals surface area contributed by atoms with Crippen LogP contribution in [0.3, 0.4) is 0 Å².